The van der Waals surface area contributed by atoms with Gasteiger partial charge in [-0.25, -0.2) is 17.9 Å². The van der Waals surface area contributed by atoms with E-state index in [-0.39, 0.29) is 4.90 Å². The third kappa shape index (κ3) is 6.05. The second kappa shape index (κ2) is 8.78. The maximum atomic E-state index is 12.1. The zero-order valence-corrected chi connectivity index (χ0v) is 14.4. The van der Waals surface area contributed by atoms with Gasteiger partial charge in [0.05, 0.1) is 4.90 Å². The van der Waals surface area contributed by atoms with Crippen LogP contribution < -0.4 is 10.0 Å². The van der Waals surface area contributed by atoms with Gasteiger partial charge in [0.2, 0.25) is 0 Å². The van der Waals surface area contributed by atoms with Crippen molar-refractivity contribution >= 4 is 16.1 Å². The highest BCUT2D eigenvalue weighted by atomic mass is 32.2. The third-order valence-corrected chi connectivity index (χ3v) is 5.00. The molecule has 0 aromatic heterocycles. The lowest BCUT2D eigenvalue weighted by Gasteiger charge is -2.15. The number of carbonyl (C=O) groups is 1. The van der Waals surface area contributed by atoms with Crippen LogP contribution in [0.2, 0.25) is 0 Å². The molecule has 22 heavy (non-hydrogen) atoms. The second-order valence-electron chi connectivity index (χ2n) is 5.55. The summed E-state index contributed by atoms with van der Waals surface area (Å²) in [4.78, 5) is 11.9. The largest absolute Gasteiger partial charge is 0.337 e. The van der Waals surface area contributed by atoms with Crippen LogP contribution >= 0.6 is 0 Å². The Morgan fingerprint density at radius 1 is 1.18 bits per heavy atom. The Bertz CT molecular complexity index is 568. The van der Waals surface area contributed by atoms with Gasteiger partial charge in [0, 0.05) is 6.54 Å². The van der Waals surface area contributed by atoms with E-state index in [1.54, 1.807) is 12.1 Å². The first-order chi connectivity index (χ1) is 10.4. The second-order valence-corrected chi connectivity index (χ2v) is 7.23. The normalized spacial score (nSPS) is 12.7. The van der Waals surface area contributed by atoms with Crippen LogP contribution in [0, 0.1) is 12.8 Å². The molecule has 1 atom stereocenters. The summed E-state index contributed by atoms with van der Waals surface area (Å²) in [7, 11) is -3.81. The van der Waals surface area contributed by atoms with Crippen molar-refractivity contribution in [3.05, 3.63) is 29.8 Å². The van der Waals surface area contributed by atoms with Crippen LogP contribution in [0.1, 0.15) is 45.1 Å². The molecule has 0 saturated carbocycles. The molecule has 2 N–H and O–H groups in total. The number of nitrogens with one attached hydrogen (secondary N) is 2. The van der Waals surface area contributed by atoms with Crippen LogP contribution in [0.15, 0.2) is 29.2 Å². The fourth-order valence-electron chi connectivity index (χ4n) is 2.11. The molecule has 0 aliphatic heterocycles. The average molecular weight is 326 g/mol. The molecule has 0 fully saturated rings. The number of hydrogen-bond acceptors (Lipinski definition) is 3. The molecule has 0 aliphatic rings. The smallest absolute Gasteiger partial charge is 0.328 e. The Kier molecular flexibility index (Phi) is 7.38. The molecule has 1 aromatic carbocycles. The number of sulfonamides is 1. The summed E-state index contributed by atoms with van der Waals surface area (Å²) in [5.41, 5.74) is 0.963. The van der Waals surface area contributed by atoms with Crippen LogP contribution in [-0.4, -0.2) is 21.0 Å². The molecule has 2 amide bonds. The number of aryl methyl sites for hydroxylation is 1. The number of rotatable bonds is 8. The maximum Gasteiger partial charge on any atom is 0.328 e. The average Bonchev–Trinajstić information content (AvgIpc) is 2.47. The summed E-state index contributed by atoms with van der Waals surface area (Å²) in [6, 6.07) is 5.70. The number of benzene rings is 1. The monoisotopic (exact) mass is 326 g/mol. The zero-order chi connectivity index (χ0) is 16.6. The van der Waals surface area contributed by atoms with Gasteiger partial charge in [-0.1, -0.05) is 50.8 Å². The predicted molar refractivity (Wildman–Crippen MR) is 88.2 cm³/mol. The lowest BCUT2D eigenvalue weighted by molar-refractivity contribution is 0.243. The van der Waals surface area contributed by atoms with Crippen molar-refractivity contribution in [2.75, 3.05) is 6.54 Å². The Morgan fingerprint density at radius 3 is 2.36 bits per heavy atom. The van der Waals surface area contributed by atoms with Gasteiger partial charge in [0.1, 0.15) is 0 Å². The molecule has 5 nitrogen and oxygen atoms in total. The van der Waals surface area contributed by atoms with Crippen LogP contribution in [-0.2, 0) is 10.0 Å². The number of amides is 2. The number of urea groups is 1. The fraction of sp³-hybridized carbons (Fsp3) is 0.562. The molecule has 0 bridgehead atoms. The molecule has 0 heterocycles. The minimum Gasteiger partial charge on any atom is -0.337 e. The van der Waals surface area contributed by atoms with E-state index in [4.69, 9.17) is 0 Å². The van der Waals surface area contributed by atoms with Crippen molar-refractivity contribution < 1.29 is 13.2 Å². The fourth-order valence-corrected chi connectivity index (χ4v) is 3.04. The molecule has 1 aromatic rings. The summed E-state index contributed by atoms with van der Waals surface area (Å²) in [6.45, 7) is 6.56. The molecule has 0 spiro atoms. The molecule has 0 unspecified atom stereocenters. The first-order valence-electron chi connectivity index (χ1n) is 7.76. The minimum atomic E-state index is -3.81. The van der Waals surface area contributed by atoms with Crippen LogP contribution in [0.5, 0.6) is 0 Å². The lowest BCUT2D eigenvalue weighted by atomic mass is 9.99. The van der Waals surface area contributed by atoms with Gasteiger partial charge in [0.25, 0.3) is 10.0 Å². The minimum absolute atomic E-state index is 0.0891. The van der Waals surface area contributed by atoms with Crippen LogP contribution in [0.3, 0.4) is 0 Å². The lowest BCUT2D eigenvalue weighted by Crippen LogP contribution is -2.41. The molecule has 124 valence electrons. The first kappa shape index (κ1) is 18.5. The van der Waals surface area contributed by atoms with E-state index in [0.29, 0.717) is 12.5 Å². The molecule has 0 saturated heterocycles. The predicted octanol–water partition coefficient (Wildman–Crippen LogP) is 3.20. The van der Waals surface area contributed by atoms with Gasteiger partial charge in [-0.15, -0.1) is 0 Å². The summed E-state index contributed by atoms with van der Waals surface area (Å²) in [6.07, 6.45) is 4.23. The Morgan fingerprint density at radius 2 is 1.82 bits per heavy atom. The number of unbranched alkanes of at least 4 members (excludes halogenated alkanes) is 1. The van der Waals surface area contributed by atoms with Crippen molar-refractivity contribution in [2.45, 2.75) is 51.3 Å². The van der Waals surface area contributed by atoms with Crippen molar-refractivity contribution in [2.24, 2.45) is 5.92 Å². The van der Waals surface area contributed by atoms with Crippen molar-refractivity contribution in [1.29, 1.82) is 0 Å². The van der Waals surface area contributed by atoms with E-state index in [9.17, 15) is 13.2 Å². The van der Waals surface area contributed by atoms with E-state index < -0.39 is 16.1 Å². The van der Waals surface area contributed by atoms with Crippen LogP contribution in [0.4, 0.5) is 4.79 Å². The highest BCUT2D eigenvalue weighted by Gasteiger charge is 2.17. The molecule has 6 heteroatoms. The van der Waals surface area contributed by atoms with E-state index in [0.717, 1.165) is 31.2 Å². The number of hydrogen-bond donors (Lipinski definition) is 2. The quantitative estimate of drug-likeness (QED) is 0.770. The van der Waals surface area contributed by atoms with Crippen LogP contribution in [0.25, 0.3) is 0 Å². The molecule has 0 radical (unpaired) electrons. The van der Waals surface area contributed by atoms with E-state index in [1.165, 1.54) is 12.1 Å². The summed E-state index contributed by atoms with van der Waals surface area (Å²) >= 11 is 0. The van der Waals surface area contributed by atoms with Crippen molar-refractivity contribution in [1.82, 2.24) is 10.0 Å². The topological polar surface area (TPSA) is 75.3 Å². The zero-order valence-electron chi connectivity index (χ0n) is 13.6. The Labute approximate surface area is 133 Å². The molecule has 1 rings (SSSR count). The van der Waals surface area contributed by atoms with E-state index >= 15 is 0 Å². The molecular weight excluding hydrogens is 300 g/mol. The molecule has 0 aliphatic carbocycles. The van der Waals surface area contributed by atoms with Gasteiger partial charge < -0.3 is 5.32 Å². The third-order valence-electron chi connectivity index (χ3n) is 3.65. The van der Waals surface area contributed by atoms with Gasteiger partial charge in [-0.2, -0.15) is 0 Å². The van der Waals surface area contributed by atoms with Gasteiger partial charge in [0.15, 0.2) is 0 Å². The van der Waals surface area contributed by atoms with Gasteiger partial charge >= 0.3 is 6.03 Å². The SMILES string of the molecule is CCCC[C@@H](CC)CNC(=O)NS(=O)(=O)c1ccc(C)cc1. The number of carbonyl (C=O) groups excluding carboxylic acids is 1. The van der Waals surface area contributed by atoms with Gasteiger partial charge in [-0.05, 0) is 31.4 Å². The van der Waals surface area contributed by atoms with E-state index in [1.807, 2.05) is 11.6 Å². The highest BCUT2D eigenvalue weighted by Crippen LogP contribution is 2.12. The highest BCUT2D eigenvalue weighted by molar-refractivity contribution is 7.90. The van der Waals surface area contributed by atoms with Crippen molar-refractivity contribution in [3.63, 3.8) is 0 Å². The Balaban J connectivity index is 2.54. The Hall–Kier alpha value is -1.56. The standard InChI is InChI=1S/C16H26N2O3S/c1-4-6-7-14(5-2)12-17-16(19)18-22(20,21)15-10-8-13(3)9-11-15/h8-11,14H,4-7,12H2,1-3H3,(H2,17,18,19)/t14-/m1/s1. The van der Waals surface area contributed by atoms with Gasteiger partial charge in [-0.3, -0.25) is 0 Å². The summed E-state index contributed by atoms with van der Waals surface area (Å²) in [5.74, 6) is 0.382. The maximum absolute atomic E-state index is 12.1. The first-order valence-corrected chi connectivity index (χ1v) is 9.24. The summed E-state index contributed by atoms with van der Waals surface area (Å²) < 4.78 is 26.2. The summed E-state index contributed by atoms with van der Waals surface area (Å²) in [5, 5.41) is 2.65. The van der Waals surface area contributed by atoms with E-state index in [2.05, 4.69) is 19.2 Å². The molecular formula is C16H26N2O3S. The van der Waals surface area contributed by atoms with Crippen molar-refractivity contribution in [3.8, 4) is 0 Å².